The van der Waals surface area contributed by atoms with Gasteiger partial charge in [-0.25, -0.2) is 0 Å². The van der Waals surface area contributed by atoms with Crippen LogP contribution >= 0.6 is 0 Å². The number of aromatic nitrogens is 2. The Labute approximate surface area is 125 Å². The van der Waals surface area contributed by atoms with Crippen molar-refractivity contribution in [2.45, 2.75) is 32.8 Å². The molecule has 1 amide bonds. The van der Waals surface area contributed by atoms with Gasteiger partial charge in [-0.05, 0) is 26.7 Å². The number of nitrogens with zero attached hydrogens (tertiary/aromatic N) is 3. The third kappa shape index (κ3) is 3.05. The topological polar surface area (TPSA) is 61.5 Å². The molecule has 116 valence electrons. The second-order valence-corrected chi connectivity index (χ2v) is 6.05. The molecular weight excluding hydrogens is 268 g/mol. The van der Waals surface area contributed by atoms with Crippen LogP contribution in [-0.4, -0.2) is 59.9 Å². The molecule has 0 bridgehead atoms. The number of amides is 1. The van der Waals surface area contributed by atoms with Gasteiger partial charge >= 0.3 is 0 Å². The highest BCUT2D eigenvalue weighted by molar-refractivity contribution is 5.79. The maximum Gasteiger partial charge on any atom is 0.228 e. The highest BCUT2D eigenvalue weighted by Crippen LogP contribution is 2.24. The Balaban J connectivity index is 1.56. The number of anilines is 1. The average molecular weight is 292 g/mol. The van der Waals surface area contributed by atoms with Crippen molar-refractivity contribution in [1.29, 1.82) is 0 Å². The highest BCUT2D eigenvalue weighted by atomic mass is 16.5. The number of hydrogen-bond donors (Lipinski definition) is 1. The first-order valence-electron chi connectivity index (χ1n) is 7.82. The average Bonchev–Trinajstić information content (AvgIpc) is 2.94. The third-order valence-electron chi connectivity index (χ3n) is 4.53. The van der Waals surface area contributed by atoms with Crippen LogP contribution in [-0.2, 0) is 9.53 Å². The smallest absolute Gasteiger partial charge is 0.228 e. The molecule has 0 saturated carbocycles. The molecule has 0 radical (unpaired) electrons. The molecule has 0 aliphatic carbocycles. The van der Waals surface area contributed by atoms with Crippen molar-refractivity contribution in [1.82, 2.24) is 15.1 Å². The van der Waals surface area contributed by atoms with Gasteiger partial charge in [0.15, 0.2) is 5.82 Å². The normalized spacial score (nSPS) is 27.0. The summed E-state index contributed by atoms with van der Waals surface area (Å²) in [4.78, 5) is 16.8. The Hall–Kier alpha value is -1.56. The fourth-order valence-electron chi connectivity index (χ4n) is 3.20. The number of ether oxygens (including phenoxy) is 1. The minimum atomic E-state index is 0.0397. The minimum absolute atomic E-state index is 0.0397. The Morgan fingerprint density at radius 2 is 2.14 bits per heavy atom. The quantitative estimate of drug-likeness (QED) is 0.889. The van der Waals surface area contributed by atoms with Crippen molar-refractivity contribution in [2.24, 2.45) is 5.92 Å². The number of hydrogen-bond acceptors (Lipinski definition) is 4. The van der Waals surface area contributed by atoms with E-state index in [1.807, 2.05) is 18.7 Å². The van der Waals surface area contributed by atoms with E-state index in [9.17, 15) is 4.79 Å². The predicted octanol–water partition coefficient (Wildman–Crippen LogP) is 1.18. The van der Waals surface area contributed by atoms with Crippen molar-refractivity contribution >= 4 is 11.7 Å². The largest absolute Gasteiger partial charge is 0.378 e. The molecule has 2 fully saturated rings. The molecule has 21 heavy (non-hydrogen) atoms. The van der Waals surface area contributed by atoms with Crippen LogP contribution in [0, 0.1) is 12.8 Å². The van der Waals surface area contributed by atoms with E-state index in [4.69, 9.17) is 4.74 Å². The van der Waals surface area contributed by atoms with E-state index in [0.29, 0.717) is 0 Å². The lowest BCUT2D eigenvalue weighted by atomic mass is 9.93. The summed E-state index contributed by atoms with van der Waals surface area (Å²) in [5, 5.41) is 7.26. The Bertz CT molecular complexity index is 494. The van der Waals surface area contributed by atoms with Crippen molar-refractivity contribution in [2.75, 3.05) is 37.7 Å². The van der Waals surface area contributed by atoms with Gasteiger partial charge in [-0.2, -0.15) is 5.10 Å². The number of carbonyl (C=O) groups excluding carboxylic acids is 1. The maximum absolute atomic E-state index is 12.6. The second kappa shape index (κ2) is 6.05. The summed E-state index contributed by atoms with van der Waals surface area (Å²) in [6, 6.07) is 2.05. The van der Waals surface area contributed by atoms with Crippen LogP contribution in [0.4, 0.5) is 5.82 Å². The van der Waals surface area contributed by atoms with Gasteiger partial charge in [0, 0.05) is 44.5 Å². The molecule has 3 rings (SSSR count). The first kappa shape index (κ1) is 14.4. The molecule has 6 heteroatoms. The Morgan fingerprint density at radius 3 is 2.76 bits per heavy atom. The molecule has 2 atom stereocenters. The summed E-state index contributed by atoms with van der Waals surface area (Å²) in [6.45, 7) is 8.04. The van der Waals surface area contributed by atoms with Gasteiger partial charge in [0.1, 0.15) is 0 Å². The van der Waals surface area contributed by atoms with Gasteiger partial charge < -0.3 is 14.5 Å². The van der Waals surface area contributed by atoms with E-state index in [-0.39, 0.29) is 17.9 Å². The van der Waals surface area contributed by atoms with E-state index < -0.39 is 0 Å². The van der Waals surface area contributed by atoms with Crippen molar-refractivity contribution in [3.05, 3.63) is 11.8 Å². The number of H-pyrrole nitrogens is 1. The minimum Gasteiger partial charge on any atom is -0.378 e. The fraction of sp³-hybridized carbons (Fsp3) is 0.733. The van der Waals surface area contributed by atoms with Crippen molar-refractivity contribution < 1.29 is 9.53 Å². The van der Waals surface area contributed by atoms with Crippen LogP contribution in [0.3, 0.4) is 0 Å². The van der Waals surface area contributed by atoms with Crippen LogP contribution in [0.25, 0.3) is 0 Å². The van der Waals surface area contributed by atoms with E-state index in [1.165, 1.54) is 0 Å². The predicted molar refractivity (Wildman–Crippen MR) is 80.3 cm³/mol. The lowest BCUT2D eigenvalue weighted by molar-refractivity contribution is -0.144. The standard InChI is InChI=1S/C15H24N4O2/c1-11-10-14(17-16-11)18-5-7-19(8-6-18)15(20)13-4-3-9-21-12(13)2/h10,12-13H,3-9H2,1-2H3,(H,16,17)/t12-,13-/m0/s1. The lowest BCUT2D eigenvalue weighted by Gasteiger charge is -2.38. The third-order valence-corrected chi connectivity index (χ3v) is 4.53. The monoisotopic (exact) mass is 292 g/mol. The summed E-state index contributed by atoms with van der Waals surface area (Å²) < 4.78 is 5.62. The number of nitrogens with one attached hydrogen (secondary N) is 1. The molecule has 1 aromatic heterocycles. The lowest BCUT2D eigenvalue weighted by Crippen LogP contribution is -2.52. The number of aryl methyl sites for hydroxylation is 1. The number of aromatic amines is 1. The molecule has 6 nitrogen and oxygen atoms in total. The van der Waals surface area contributed by atoms with Crippen LogP contribution in [0.2, 0.25) is 0 Å². The number of piperazine rings is 1. The zero-order valence-electron chi connectivity index (χ0n) is 12.8. The Kier molecular flexibility index (Phi) is 4.14. The number of rotatable bonds is 2. The first-order chi connectivity index (χ1) is 10.1. The van der Waals surface area contributed by atoms with Gasteiger partial charge in [-0.1, -0.05) is 0 Å². The zero-order valence-corrected chi connectivity index (χ0v) is 12.8. The van der Waals surface area contributed by atoms with E-state index in [2.05, 4.69) is 21.2 Å². The fourth-order valence-corrected chi connectivity index (χ4v) is 3.20. The van der Waals surface area contributed by atoms with Gasteiger partial charge in [-0.3, -0.25) is 9.89 Å². The summed E-state index contributed by atoms with van der Waals surface area (Å²) >= 11 is 0. The van der Waals surface area contributed by atoms with Crippen LogP contribution in [0.15, 0.2) is 6.07 Å². The molecule has 0 spiro atoms. The molecule has 0 unspecified atom stereocenters. The van der Waals surface area contributed by atoms with E-state index in [0.717, 1.165) is 57.1 Å². The molecule has 3 heterocycles. The summed E-state index contributed by atoms with van der Waals surface area (Å²) in [5.41, 5.74) is 1.07. The van der Waals surface area contributed by atoms with Crippen LogP contribution in [0.1, 0.15) is 25.5 Å². The molecule has 2 aliphatic rings. The van der Waals surface area contributed by atoms with Crippen LogP contribution < -0.4 is 4.90 Å². The molecule has 2 saturated heterocycles. The number of carbonyl (C=O) groups is 1. The highest BCUT2D eigenvalue weighted by Gasteiger charge is 2.33. The maximum atomic E-state index is 12.6. The molecular formula is C15H24N4O2. The molecule has 1 aromatic rings. The second-order valence-electron chi connectivity index (χ2n) is 6.05. The van der Waals surface area contributed by atoms with Gasteiger partial charge in [0.2, 0.25) is 5.91 Å². The molecule has 1 N–H and O–H groups in total. The summed E-state index contributed by atoms with van der Waals surface area (Å²) in [5.74, 6) is 1.28. The first-order valence-corrected chi connectivity index (χ1v) is 7.82. The molecule has 0 aromatic carbocycles. The van der Waals surface area contributed by atoms with Gasteiger partial charge in [0.05, 0.1) is 12.0 Å². The molecule has 2 aliphatic heterocycles. The Morgan fingerprint density at radius 1 is 1.38 bits per heavy atom. The zero-order chi connectivity index (χ0) is 14.8. The van der Waals surface area contributed by atoms with Crippen molar-refractivity contribution in [3.8, 4) is 0 Å². The van der Waals surface area contributed by atoms with Crippen molar-refractivity contribution in [3.63, 3.8) is 0 Å². The van der Waals surface area contributed by atoms with Crippen LogP contribution in [0.5, 0.6) is 0 Å². The summed E-state index contributed by atoms with van der Waals surface area (Å²) in [6.07, 6.45) is 2.00. The SMILES string of the molecule is Cc1cc(N2CCN(C(=O)[C@H]3CCCO[C@H]3C)CC2)n[nH]1. The van der Waals surface area contributed by atoms with E-state index >= 15 is 0 Å². The summed E-state index contributed by atoms with van der Waals surface area (Å²) in [7, 11) is 0. The van der Waals surface area contributed by atoms with Gasteiger partial charge in [0.25, 0.3) is 0 Å². The van der Waals surface area contributed by atoms with E-state index in [1.54, 1.807) is 0 Å². The van der Waals surface area contributed by atoms with Gasteiger partial charge in [-0.15, -0.1) is 0 Å².